The normalized spacial score (nSPS) is 11.3. The maximum Gasteiger partial charge on any atom is 0.326 e. The largest absolute Gasteiger partial charge is 0.480 e. The van der Waals surface area contributed by atoms with E-state index in [9.17, 15) is 14.9 Å². The Kier molecular flexibility index (Phi) is 4.15. The first-order valence-corrected chi connectivity index (χ1v) is 5.03. The molecule has 1 atom stereocenters. The average Bonchev–Trinajstić information content (AvgIpc) is 2.35. The quantitative estimate of drug-likeness (QED) is 0.591. The fraction of sp³-hybridized carbons (Fsp3) is 0.300. The lowest BCUT2D eigenvalue weighted by atomic mass is 10.2. The van der Waals surface area contributed by atoms with E-state index in [1.54, 1.807) is 13.0 Å². The predicted molar refractivity (Wildman–Crippen MR) is 60.9 cm³/mol. The van der Waals surface area contributed by atoms with Gasteiger partial charge < -0.3 is 10.4 Å². The smallest absolute Gasteiger partial charge is 0.326 e. The number of nitriles is 1. The number of hydrogen-bond acceptors (Lipinski definition) is 6. The first kappa shape index (κ1) is 13.4. The zero-order chi connectivity index (χ0) is 13.7. The van der Waals surface area contributed by atoms with E-state index in [1.165, 1.54) is 0 Å². The van der Waals surface area contributed by atoms with Gasteiger partial charge in [0.05, 0.1) is 4.92 Å². The number of rotatable bonds is 5. The average molecular weight is 250 g/mol. The Morgan fingerprint density at radius 2 is 2.44 bits per heavy atom. The second-order valence-corrected chi connectivity index (χ2v) is 3.40. The van der Waals surface area contributed by atoms with Crippen molar-refractivity contribution in [2.24, 2.45) is 0 Å². The molecule has 0 spiro atoms. The minimum absolute atomic E-state index is 0.0253. The summed E-state index contributed by atoms with van der Waals surface area (Å²) in [5.41, 5.74) is -0.385. The molecule has 1 unspecified atom stereocenters. The van der Waals surface area contributed by atoms with Crippen LogP contribution in [0.1, 0.15) is 18.9 Å². The Hall–Kier alpha value is -2.69. The van der Waals surface area contributed by atoms with Crippen LogP contribution in [0.2, 0.25) is 0 Å². The molecule has 2 N–H and O–H groups in total. The van der Waals surface area contributed by atoms with E-state index in [4.69, 9.17) is 10.4 Å². The minimum Gasteiger partial charge on any atom is -0.480 e. The van der Waals surface area contributed by atoms with Crippen molar-refractivity contribution in [2.75, 3.05) is 5.32 Å². The monoisotopic (exact) mass is 250 g/mol. The van der Waals surface area contributed by atoms with Gasteiger partial charge in [-0.1, -0.05) is 6.92 Å². The van der Waals surface area contributed by atoms with E-state index >= 15 is 0 Å². The van der Waals surface area contributed by atoms with Crippen LogP contribution in [0.4, 0.5) is 11.5 Å². The molecule has 18 heavy (non-hydrogen) atoms. The molecule has 0 fully saturated rings. The number of carboxylic acids is 1. The molecule has 8 nitrogen and oxygen atoms in total. The predicted octanol–water partition coefficient (Wildman–Crippen LogP) is 1.14. The maximum absolute atomic E-state index is 10.8. The summed E-state index contributed by atoms with van der Waals surface area (Å²) in [5.74, 6) is -1.06. The van der Waals surface area contributed by atoms with Crippen molar-refractivity contribution in [3.8, 4) is 6.07 Å². The molecule has 0 amide bonds. The van der Waals surface area contributed by atoms with Gasteiger partial charge in [0, 0.05) is 6.07 Å². The summed E-state index contributed by atoms with van der Waals surface area (Å²) in [5, 5.41) is 30.8. The highest BCUT2D eigenvalue weighted by atomic mass is 16.6. The van der Waals surface area contributed by atoms with Crippen molar-refractivity contribution >= 4 is 17.5 Å². The molecule has 8 heteroatoms. The van der Waals surface area contributed by atoms with E-state index in [0.717, 1.165) is 12.3 Å². The van der Waals surface area contributed by atoms with Crippen LogP contribution in [0.5, 0.6) is 0 Å². The van der Waals surface area contributed by atoms with Crippen LogP contribution in [-0.4, -0.2) is 27.0 Å². The first-order chi connectivity index (χ1) is 8.49. The molecule has 1 aromatic rings. The van der Waals surface area contributed by atoms with Crippen molar-refractivity contribution in [2.45, 2.75) is 19.4 Å². The SMILES string of the molecule is CCC(Nc1ncc([N+](=O)[O-])cc1C#N)C(=O)O. The summed E-state index contributed by atoms with van der Waals surface area (Å²) in [6, 6.07) is 1.89. The van der Waals surface area contributed by atoms with Gasteiger partial charge in [0.2, 0.25) is 0 Å². The third-order valence-corrected chi connectivity index (χ3v) is 2.22. The van der Waals surface area contributed by atoms with Gasteiger partial charge in [-0.3, -0.25) is 10.1 Å². The summed E-state index contributed by atoms with van der Waals surface area (Å²) in [6.07, 6.45) is 1.26. The number of carbonyl (C=O) groups is 1. The van der Waals surface area contributed by atoms with Crippen LogP contribution >= 0.6 is 0 Å². The second kappa shape index (κ2) is 5.58. The first-order valence-electron chi connectivity index (χ1n) is 5.03. The van der Waals surface area contributed by atoms with Crippen LogP contribution in [-0.2, 0) is 4.79 Å². The Morgan fingerprint density at radius 1 is 1.78 bits per heavy atom. The molecular weight excluding hydrogens is 240 g/mol. The van der Waals surface area contributed by atoms with E-state index in [-0.39, 0.29) is 17.1 Å². The highest BCUT2D eigenvalue weighted by molar-refractivity contribution is 5.77. The van der Waals surface area contributed by atoms with Gasteiger partial charge in [-0.15, -0.1) is 0 Å². The lowest BCUT2D eigenvalue weighted by Crippen LogP contribution is -2.29. The molecule has 1 heterocycles. The highest BCUT2D eigenvalue weighted by Gasteiger charge is 2.18. The van der Waals surface area contributed by atoms with Gasteiger partial charge in [-0.2, -0.15) is 5.26 Å². The molecule has 0 aliphatic carbocycles. The molecule has 0 radical (unpaired) electrons. The fourth-order valence-corrected chi connectivity index (χ4v) is 1.26. The fourth-order valence-electron chi connectivity index (χ4n) is 1.26. The molecule has 1 aromatic heterocycles. The van der Waals surface area contributed by atoms with Crippen molar-refractivity contribution < 1.29 is 14.8 Å². The number of pyridine rings is 1. The van der Waals surface area contributed by atoms with Crippen molar-refractivity contribution in [3.05, 3.63) is 27.9 Å². The summed E-state index contributed by atoms with van der Waals surface area (Å²) in [6.45, 7) is 1.66. The van der Waals surface area contributed by atoms with Gasteiger partial charge in [-0.05, 0) is 6.42 Å². The van der Waals surface area contributed by atoms with Crippen molar-refractivity contribution in [3.63, 3.8) is 0 Å². The van der Waals surface area contributed by atoms with Crippen LogP contribution < -0.4 is 5.32 Å². The molecule has 0 aromatic carbocycles. The van der Waals surface area contributed by atoms with Crippen molar-refractivity contribution in [1.29, 1.82) is 5.26 Å². The standard InChI is InChI=1S/C10H10N4O4/c1-2-8(10(15)16)13-9-6(4-11)3-7(5-12-9)14(17)18/h3,5,8H,2H2,1H3,(H,12,13)(H,15,16). The van der Waals surface area contributed by atoms with Gasteiger partial charge >= 0.3 is 5.97 Å². The molecule has 0 aliphatic rings. The summed E-state index contributed by atoms with van der Waals surface area (Å²) in [4.78, 5) is 24.4. The molecule has 94 valence electrons. The molecule has 0 aliphatic heterocycles. The van der Waals surface area contributed by atoms with E-state index in [0.29, 0.717) is 6.42 Å². The topological polar surface area (TPSA) is 129 Å². The number of carboxylic acid groups (broad SMARTS) is 1. The van der Waals surface area contributed by atoms with Gasteiger partial charge in [0.1, 0.15) is 29.7 Å². The Balaban J connectivity index is 3.07. The highest BCUT2D eigenvalue weighted by Crippen LogP contribution is 2.19. The molecule has 0 bridgehead atoms. The number of hydrogen-bond donors (Lipinski definition) is 2. The number of anilines is 1. The number of aliphatic carboxylic acids is 1. The van der Waals surface area contributed by atoms with E-state index in [2.05, 4.69) is 10.3 Å². The number of nitrogens with one attached hydrogen (secondary N) is 1. The van der Waals surface area contributed by atoms with Crippen LogP contribution in [0, 0.1) is 21.4 Å². The molecule has 1 rings (SSSR count). The van der Waals surface area contributed by atoms with E-state index < -0.39 is 16.9 Å². The number of aromatic nitrogens is 1. The number of nitro groups is 1. The third-order valence-electron chi connectivity index (χ3n) is 2.22. The van der Waals surface area contributed by atoms with Gasteiger partial charge in [0.25, 0.3) is 5.69 Å². The van der Waals surface area contributed by atoms with Gasteiger partial charge in [-0.25, -0.2) is 9.78 Å². The molecule has 0 saturated carbocycles. The Bertz CT molecular complexity index is 523. The summed E-state index contributed by atoms with van der Waals surface area (Å²) < 4.78 is 0. The number of nitrogens with zero attached hydrogens (tertiary/aromatic N) is 3. The lowest BCUT2D eigenvalue weighted by molar-refractivity contribution is -0.385. The van der Waals surface area contributed by atoms with Gasteiger partial charge in [0.15, 0.2) is 0 Å². The molecular formula is C10H10N4O4. The lowest BCUT2D eigenvalue weighted by Gasteiger charge is -2.13. The summed E-state index contributed by atoms with van der Waals surface area (Å²) in [7, 11) is 0. The zero-order valence-electron chi connectivity index (χ0n) is 9.45. The van der Waals surface area contributed by atoms with Crippen molar-refractivity contribution in [1.82, 2.24) is 4.98 Å². The second-order valence-electron chi connectivity index (χ2n) is 3.40. The Morgan fingerprint density at radius 3 is 2.89 bits per heavy atom. The maximum atomic E-state index is 10.8. The zero-order valence-corrected chi connectivity index (χ0v) is 9.45. The Labute approximate surface area is 102 Å². The van der Waals surface area contributed by atoms with Crippen LogP contribution in [0.3, 0.4) is 0 Å². The van der Waals surface area contributed by atoms with Crippen LogP contribution in [0.25, 0.3) is 0 Å². The van der Waals surface area contributed by atoms with E-state index in [1.807, 2.05) is 0 Å². The van der Waals surface area contributed by atoms with Crippen LogP contribution in [0.15, 0.2) is 12.3 Å². The minimum atomic E-state index is -1.08. The third kappa shape index (κ3) is 2.91. The molecule has 0 saturated heterocycles. The summed E-state index contributed by atoms with van der Waals surface area (Å²) >= 11 is 0.